The minimum atomic E-state index is -0.473. The molecule has 0 aliphatic rings. The third kappa shape index (κ3) is 4.46. The maximum absolute atomic E-state index is 12.1. The Kier molecular flexibility index (Phi) is 6.87. The average molecular weight is 334 g/mol. The van der Waals surface area contributed by atoms with Crippen LogP contribution in [0.15, 0.2) is 30.3 Å². The van der Waals surface area contributed by atoms with E-state index in [0.29, 0.717) is 10.6 Å². The second kappa shape index (κ2) is 8.90. The van der Waals surface area contributed by atoms with Crippen LogP contribution in [0.1, 0.15) is 61.4 Å². The molecule has 0 spiro atoms. The highest BCUT2D eigenvalue weighted by molar-refractivity contribution is 6.36. The van der Waals surface area contributed by atoms with Gasteiger partial charge in [-0.05, 0) is 29.9 Å². The number of benzene rings is 2. The number of halogens is 1. The molecule has 0 aromatic heterocycles. The number of amides is 1. The van der Waals surface area contributed by atoms with Gasteiger partial charge in [0.1, 0.15) is 0 Å². The number of carbonyl (C=O) groups is 1. The summed E-state index contributed by atoms with van der Waals surface area (Å²) in [6.45, 7) is 2.21. The number of hydroxylamine groups is 1. The molecular formula is C19H24ClNO2. The molecule has 0 saturated carbocycles. The lowest BCUT2D eigenvalue weighted by Crippen LogP contribution is -2.21. The number of aryl methyl sites for hydroxylation is 1. The first-order valence-electron chi connectivity index (χ1n) is 8.33. The third-order valence-electron chi connectivity index (χ3n) is 4.20. The zero-order valence-corrected chi connectivity index (χ0v) is 14.3. The maximum Gasteiger partial charge on any atom is 0.275 e. The predicted octanol–water partition coefficient (Wildman–Crippen LogP) is 5.52. The van der Waals surface area contributed by atoms with E-state index in [0.717, 1.165) is 35.6 Å². The zero-order valence-electron chi connectivity index (χ0n) is 13.6. The Morgan fingerprint density at radius 1 is 1.09 bits per heavy atom. The largest absolute Gasteiger partial charge is 0.288 e. The Hall–Kier alpha value is -1.58. The van der Waals surface area contributed by atoms with Crippen LogP contribution in [0.2, 0.25) is 5.02 Å². The van der Waals surface area contributed by atoms with Gasteiger partial charge in [0.25, 0.3) is 5.91 Å². The van der Waals surface area contributed by atoms with Crippen molar-refractivity contribution in [1.29, 1.82) is 0 Å². The van der Waals surface area contributed by atoms with Crippen molar-refractivity contribution in [3.63, 3.8) is 0 Å². The second-order valence-corrected chi connectivity index (χ2v) is 6.30. The molecule has 124 valence electrons. The lowest BCUT2D eigenvalue weighted by atomic mass is 9.94. The van der Waals surface area contributed by atoms with Crippen molar-refractivity contribution in [2.45, 2.75) is 51.9 Å². The summed E-state index contributed by atoms with van der Waals surface area (Å²) in [6.07, 6.45) is 7.95. The highest BCUT2D eigenvalue weighted by Crippen LogP contribution is 2.30. The van der Waals surface area contributed by atoms with Gasteiger partial charge < -0.3 is 0 Å². The van der Waals surface area contributed by atoms with Crippen LogP contribution in [0.4, 0.5) is 0 Å². The van der Waals surface area contributed by atoms with Crippen LogP contribution in [-0.2, 0) is 6.42 Å². The van der Waals surface area contributed by atoms with E-state index in [1.165, 1.54) is 25.7 Å². The van der Waals surface area contributed by atoms with Gasteiger partial charge in [-0.25, -0.2) is 5.48 Å². The molecule has 1 amide bonds. The molecule has 0 radical (unpaired) electrons. The van der Waals surface area contributed by atoms with Crippen molar-refractivity contribution in [2.24, 2.45) is 0 Å². The molecule has 0 unspecified atom stereocenters. The standard InChI is InChI=1S/C19H24ClNO2/c1-2-3-4-5-6-7-10-14-13-17(20)15-11-8-9-12-16(15)18(14)19(22)21-23/h8-9,11-13,23H,2-7,10H2,1H3,(H,21,22). The van der Waals surface area contributed by atoms with Gasteiger partial charge in [0.05, 0.1) is 5.56 Å². The van der Waals surface area contributed by atoms with E-state index in [4.69, 9.17) is 16.8 Å². The highest BCUT2D eigenvalue weighted by Gasteiger charge is 2.16. The molecule has 2 aromatic rings. The van der Waals surface area contributed by atoms with E-state index in [-0.39, 0.29) is 0 Å². The quantitative estimate of drug-likeness (QED) is 0.380. The fourth-order valence-corrected chi connectivity index (χ4v) is 3.30. The predicted molar refractivity (Wildman–Crippen MR) is 95.3 cm³/mol. The Balaban J connectivity index is 2.22. The first-order valence-corrected chi connectivity index (χ1v) is 8.71. The van der Waals surface area contributed by atoms with Crippen LogP contribution in [-0.4, -0.2) is 11.1 Å². The average Bonchev–Trinajstić information content (AvgIpc) is 2.57. The van der Waals surface area contributed by atoms with Crippen LogP contribution < -0.4 is 5.48 Å². The Morgan fingerprint density at radius 2 is 1.74 bits per heavy atom. The van der Waals surface area contributed by atoms with Crippen LogP contribution in [0, 0.1) is 0 Å². The molecule has 0 aliphatic heterocycles. The van der Waals surface area contributed by atoms with Crippen LogP contribution >= 0.6 is 11.6 Å². The summed E-state index contributed by atoms with van der Waals surface area (Å²) in [5, 5.41) is 11.3. The van der Waals surface area contributed by atoms with Gasteiger partial charge in [0.2, 0.25) is 0 Å². The van der Waals surface area contributed by atoms with Gasteiger partial charge in [-0.15, -0.1) is 0 Å². The van der Waals surface area contributed by atoms with Gasteiger partial charge in [-0.2, -0.15) is 0 Å². The van der Waals surface area contributed by atoms with Crippen molar-refractivity contribution in [2.75, 3.05) is 0 Å². The van der Waals surface area contributed by atoms with Crippen molar-refractivity contribution in [3.05, 3.63) is 46.5 Å². The van der Waals surface area contributed by atoms with Crippen LogP contribution in [0.25, 0.3) is 10.8 Å². The fraction of sp³-hybridized carbons (Fsp3) is 0.421. The molecule has 4 heteroatoms. The SMILES string of the molecule is CCCCCCCCc1cc(Cl)c2ccccc2c1C(=O)NO. The second-order valence-electron chi connectivity index (χ2n) is 5.90. The lowest BCUT2D eigenvalue weighted by molar-refractivity contribution is 0.0707. The lowest BCUT2D eigenvalue weighted by Gasteiger charge is -2.13. The van der Waals surface area contributed by atoms with E-state index in [2.05, 4.69) is 6.92 Å². The molecule has 3 nitrogen and oxygen atoms in total. The van der Waals surface area contributed by atoms with E-state index < -0.39 is 5.91 Å². The molecular weight excluding hydrogens is 310 g/mol. The number of hydrogen-bond acceptors (Lipinski definition) is 2. The minimum Gasteiger partial charge on any atom is -0.288 e. The van der Waals surface area contributed by atoms with Gasteiger partial charge in [0, 0.05) is 10.4 Å². The fourth-order valence-electron chi connectivity index (χ4n) is 3.00. The van der Waals surface area contributed by atoms with E-state index in [1.807, 2.05) is 30.3 Å². The molecule has 0 heterocycles. The minimum absolute atomic E-state index is 0.473. The monoisotopic (exact) mass is 333 g/mol. The topological polar surface area (TPSA) is 49.3 Å². The Morgan fingerprint density at radius 3 is 2.43 bits per heavy atom. The number of hydrogen-bond donors (Lipinski definition) is 2. The first kappa shape index (κ1) is 17.8. The number of unbranched alkanes of at least 4 members (excludes halogenated alkanes) is 5. The molecule has 23 heavy (non-hydrogen) atoms. The molecule has 2 aromatic carbocycles. The number of fused-ring (bicyclic) bond motifs is 1. The van der Waals surface area contributed by atoms with Crippen molar-refractivity contribution in [1.82, 2.24) is 5.48 Å². The summed E-state index contributed by atoms with van der Waals surface area (Å²) >= 11 is 6.37. The summed E-state index contributed by atoms with van der Waals surface area (Å²) < 4.78 is 0. The summed E-state index contributed by atoms with van der Waals surface area (Å²) in [7, 11) is 0. The van der Waals surface area contributed by atoms with Crippen molar-refractivity contribution < 1.29 is 10.0 Å². The van der Waals surface area contributed by atoms with E-state index in [1.54, 1.807) is 5.48 Å². The van der Waals surface area contributed by atoms with E-state index >= 15 is 0 Å². The number of nitrogens with one attached hydrogen (secondary N) is 1. The number of carbonyl (C=O) groups excluding carboxylic acids is 1. The molecule has 2 rings (SSSR count). The van der Waals surface area contributed by atoms with Gasteiger partial charge in [0.15, 0.2) is 0 Å². The third-order valence-corrected chi connectivity index (χ3v) is 4.52. The van der Waals surface area contributed by atoms with Crippen LogP contribution in [0.3, 0.4) is 0 Å². The zero-order chi connectivity index (χ0) is 16.7. The summed E-state index contributed by atoms with van der Waals surface area (Å²) in [4.78, 5) is 12.1. The number of rotatable bonds is 8. The molecule has 0 atom stereocenters. The highest BCUT2D eigenvalue weighted by atomic mass is 35.5. The van der Waals surface area contributed by atoms with Crippen LogP contribution in [0.5, 0.6) is 0 Å². The summed E-state index contributed by atoms with van der Waals surface area (Å²) in [6, 6.07) is 9.39. The Bertz CT molecular complexity index is 670. The molecule has 0 fully saturated rings. The summed E-state index contributed by atoms with van der Waals surface area (Å²) in [5.74, 6) is -0.473. The van der Waals surface area contributed by atoms with Crippen molar-refractivity contribution >= 4 is 28.3 Å². The van der Waals surface area contributed by atoms with Gasteiger partial charge in [-0.3, -0.25) is 10.0 Å². The molecule has 0 saturated heterocycles. The normalized spacial score (nSPS) is 10.9. The molecule has 0 aliphatic carbocycles. The summed E-state index contributed by atoms with van der Waals surface area (Å²) in [5.41, 5.74) is 3.20. The van der Waals surface area contributed by atoms with E-state index in [9.17, 15) is 4.79 Å². The first-order chi connectivity index (χ1) is 11.2. The van der Waals surface area contributed by atoms with Gasteiger partial charge in [-0.1, -0.05) is 74.9 Å². The van der Waals surface area contributed by atoms with Gasteiger partial charge >= 0.3 is 0 Å². The maximum atomic E-state index is 12.1. The molecule has 0 bridgehead atoms. The van der Waals surface area contributed by atoms with Crippen molar-refractivity contribution in [3.8, 4) is 0 Å². The Labute approximate surface area is 142 Å². The smallest absolute Gasteiger partial charge is 0.275 e. The molecule has 2 N–H and O–H groups in total.